The van der Waals surface area contributed by atoms with Gasteiger partial charge in [0, 0.05) is 19.6 Å². The first-order valence-corrected chi connectivity index (χ1v) is 8.66. The van der Waals surface area contributed by atoms with Crippen LogP contribution in [0.4, 0.5) is 4.79 Å². The highest BCUT2D eigenvalue weighted by molar-refractivity contribution is 5.92. The second kappa shape index (κ2) is 6.11. The van der Waals surface area contributed by atoms with Crippen LogP contribution < -0.4 is 0 Å². The molecule has 2 heterocycles. The van der Waals surface area contributed by atoms with Crippen molar-refractivity contribution < 1.29 is 14.3 Å². The number of carbonyl (C=O) groups is 2. The fraction of sp³-hybridized carbons (Fsp3) is 0.579. The predicted octanol–water partition coefficient (Wildman–Crippen LogP) is 3.19. The van der Waals surface area contributed by atoms with Gasteiger partial charge in [0.15, 0.2) is 0 Å². The summed E-state index contributed by atoms with van der Waals surface area (Å²) in [4.78, 5) is 29.2. The first-order valence-electron chi connectivity index (χ1n) is 8.66. The normalized spacial score (nSPS) is 24.0. The van der Waals surface area contributed by atoms with Gasteiger partial charge in [0.2, 0.25) is 5.91 Å². The van der Waals surface area contributed by atoms with Crippen molar-refractivity contribution in [1.82, 2.24) is 9.80 Å². The molecule has 130 valence electrons. The average Bonchev–Trinajstić information content (AvgIpc) is 3.07. The Morgan fingerprint density at radius 2 is 1.88 bits per heavy atom. The molecule has 0 aromatic heterocycles. The van der Waals surface area contributed by atoms with Crippen LogP contribution in [0, 0.1) is 0 Å². The van der Waals surface area contributed by atoms with E-state index in [1.165, 1.54) is 0 Å². The largest absolute Gasteiger partial charge is 0.444 e. The molecule has 0 unspecified atom stereocenters. The average molecular weight is 330 g/mol. The summed E-state index contributed by atoms with van der Waals surface area (Å²) in [6.07, 6.45) is 1.91. The van der Waals surface area contributed by atoms with Crippen molar-refractivity contribution in [3.05, 3.63) is 35.9 Å². The minimum absolute atomic E-state index is 0.0645. The van der Waals surface area contributed by atoms with E-state index in [-0.39, 0.29) is 12.0 Å². The summed E-state index contributed by atoms with van der Waals surface area (Å²) < 4.78 is 5.53. The Hall–Kier alpha value is -2.04. The lowest BCUT2D eigenvalue weighted by Gasteiger charge is -2.34. The molecule has 2 saturated heterocycles. The van der Waals surface area contributed by atoms with Crippen molar-refractivity contribution in [2.24, 2.45) is 0 Å². The van der Waals surface area contributed by atoms with Crippen molar-refractivity contribution in [3.63, 3.8) is 0 Å². The predicted molar refractivity (Wildman–Crippen MR) is 91.4 cm³/mol. The van der Waals surface area contributed by atoms with Gasteiger partial charge in [-0.05, 0) is 45.6 Å². The van der Waals surface area contributed by atoms with E-state index in [2.05, 4.69) is 0 Å². The van der Waals surface area contributed by atoms with E-state index in [1.807, 2.05) is 56.0 Å². The third-order valence-corrected chi connectivity index (χ3v) is 4.80. The Bertz CT molecular complexity index is 623. The van der Waals surface area contributed by atoms with Gasteiger partial charge in [-0.25, -0.2) is 4.79 Å². The fourth-order valence-corrected chi connectivity index (χ4v) is 3.72. The van der Waals surface area contributed by atoms with E-state index in [1.54, 1.807) is 4.90 Å². The van der Waals surface area contributed by atoms with Crippen LogP contribution in [-0.2, 0) is 16.1 Å². The maximum atomic E-state index is 13.1. The Morgan fingerprint density at radius 1 is 1.17 bits per heavy atom. The molecule has 2 aliphatic heterocycles. The molecule has 1 spiro atoms. The number of nitrogens with zero attached hydrogens (tertiary/aromatic N) is 2. The molecule has 24 heavy (non-hydrogen) atoms. The van der Waals surface area contributed by atoms with Crippen molar-refractivity contribution in [2.45, 2.75) is 57.7 Å². The molecular weight excluding hydrogens is 304 g/mol. The SMILES string of the molecule is CC(C)(C)OC(=O)N1CCC[C@]12CCN(Cc1ccccc1)C2=O. The Morgan fingerprint density at radius 3 is 2.54 bits per heavy atom. The van der Waals surface area contributed by atoms with Crippen LogP contribution in [0.1, 0.15) is 45.6 Å². The van der Waals surface area contributed by atoms with Gasteiger partial charge in [0.25, 0.3) is 0 Å². The maximum Gasteiger partial charge on any atom is 0.411 e. The van der Waals surface area contributed by atoms with Gasteiger partial charge in [-0.1, -0.05) is 30.3 Å². The number of benzene rings is 1. The van der Waals surface area contributed by atoms with Crippen molar-refractivity contribution in [1.29, 1.82) is 0 Å². The first kappa shape index (κ1) is 16.8. The fourth-order valence-electron chi connectivity index (χ4n) is 3.72. The summed E-state index contributed by atoms with van der Waals surface area (Å²) in [5.41, 5.74) is -0.131. The number of carbonyl (C=O) groups excluding carboxylic acids is 2. The van der Waals surface area contributed by atoms with Crippen LogP contribution >= 0.6 is 0 Å². The molecule has 1 aromatic rings. The zero-order valence-corrected chi connectivity index (χ0v) is 14.7. The van der Waals surface area contributed by atoms with E-state index in [0.29, 0.717) is 26.1 Å². The van der Waals surface area contributed by atoms with Crippen LogP contribution in [0.25, 0.3) is 0 Å². The zero-order chi connectivity index (χ0) is 17.4. The Balaban J connectivity index is 1.75. The van der Waals surface area contributed by atoms with Gasteiger partial charge in [-0.2, -0.15) is 0 Å². The summed E-state index contributed by atoms with van der Waals surface area (Å²) in [7, 11) is 0. The number of rotatable bonds is 2. The highest BCUT2D eigenvalue weighted by Crippen LogP contribution is 2.40. The summed E-state index contributed by atoms with van der Waals surface area (Å²) in [5, 5.41) is 0. The molecule has 2 fully saturated rings. The lowest BCUT2D eigenvalue weighted by molar-refractivity contribution is -0.137. The topological polar surface area (TPSA) is 49.9 Å². The molecule has 5 nitrogen and oxygen atoms in total. The van der Waals surface area contributed by atoms with E-state index in [9.17, 15) is 9.59 Å². The van der Waals surface area contributed by atoms with Gasteiger partial charge >= 0.3 is 6.09 Å². The number of ether oxygens (including phenoxy) is 1. The summed E-state index contributed by atoms with van der Waals surface area (Å²) >= 11 is 0. The van der Waals surface area contributed by atoms with Gasteiger partial charge < -0.3 is 9.64 Å². The van der Waals surface area contributed by atoms with Crippen molar-refractivity contribution >= 4 is 12.0 Å². The Kier molecular flexibility index (Phi) is 4.28. The molecule has 2 amide bonds. The third kappa shape index (κ3) is 3.12. The van der Waals surface area contributed by atoms with E-state index in [0.717, 1.165) is 18.4 Å². The van der Waals surface area contributed by atoms with Crippen molar-refractivity contribution in [3.8, 4) is 0 Å². The van der Waals surface area contributed by atoms with Gasteiger partial charge in [-0.15, -0.1) is 0 Å². The summed E-state index contributed by atoms with van der Waals surface area (Å²) in [5.74, 6) is 0.0645. The van der Waals surface area contributed by atoms with Crippen LogP contribution in [0.3, 0.4) is 0 Å². The third-order valence-electron chi connectivity index (χ3n) is 4.80. The summed E-state index contributed by atoms with van der Waals surface area (Å²) in [6, 6.07) is 9.98. The monoisotopic (exact) mass is 330 g/mol. The van der Waals surface area contributed by atoms with Crippen LogP contribution in [-0.4, -0.2) is 46.0 Å². The molecule has 1 aromatic carbocycles. The quantitative estimate of drug-likeness (QED) is 0.837. The van der Waals surface area contributed by atoms with Crippen LogP contribution in [0.2, 0.25) is 0 Å². The minimum Gasteiger partial charge on any atom is -0.444 e. The maximum absolute atomic E-state index is 13.1. The Labute approximate surface area is 143 Å². The smallest absolute Gasteiger partial charge is 0.411 e. The molecule has 1 atom stereocenters. The van der Waals surface area contributed by atoms with Crippen molar-refractivity contribution in [2.75, 3.05) is 13.1 Å². The van der Waals surface area contributed by atoms with Gasteiger partial charge in [0.05, 0.1) is 0 Å². The highest BCUT2D eigenvalue weighted by atomic mass is 16.6. The molecule has 3 rings (SSSR count). The molecule has 0 N–H and O–H groups in total. The minimum atomic E-state index is -0.697. The van der Waals surface area contributed by atoms with Gasteiger partial charge in [0.1, 0.15) is 11.1 Å². The summed E-state index contributed by atoms with van der Waals surface area (Å²) in [6.45, 7) is 7.44. The number of hydrogen-bond acceptors (Lipinski definition) is 3. The second-order valence-corrected chi connectivity index (χ2v) is 7.73. The number of amides is 2. The van der Waals surface area contributed by atoms with E-state index >= 15 is 0 Å². The lowest BCUT2D eigenvalue weighted by Crippen LogP contribution is -2.53. The molecule has 0 radical (unpaired) electrons. The van der Waals surface area contributed by atoms with Gasteiger partial charge in [-0.3, -0.25) is 9.69 Å². The number of hydrogen-bond donors (Lipinski definition) is 0. The van der Waals surface area contributed by atoms with Crippen LogP contribution in [0.5, 0.6) is 0 Å². The molecular formula is C19H26N2O3. The number of likely N-dealkylation sites (tertiary alicyclic amines) is 2. The van der Waals surface area contributed by atoms with Crippen LogP contribution in [0.15, 0.2) is 30.3 Å². The van der Waals surface area contributed by atoms with E-state index < -0.39 is 11.1 Å². The first-order chi connectivity index (χ1) is 11.3. The molecule has 0 aliphatic carbocycles. The lowest BCUT2D eigenvalue weighted by atomic mass is 9.94. The zero-order valence-electron chi connectivity index (χ0n) is 14.7. The highest BCUT2D eigenvalue weighted by Gasteiger charge is 2.55. The molecule has 5 heteroatoms. The molecule has 2 aliphatic rings. The standard InChI is InChI=1S/C19H26N2O3/c1-18(2,3)24-17(23)21-12-7-10-19(21)11-13-20(16(19)22)14-15-8-5-4-6-9-15/h4-6,8-9H,7,10-14H2,1-3H3/t19-/m1/s1. The molecule has 0 saturated carbocycles. The molecule has 0 bridgehead atoms. The van der Waals surface area contributed by atoms with E-state index in [4.69, 9.17) is 4.74 Å². The second-order valence-electron chi connectivity index (χ2n) is 7.73.